The second-order valence-electron chi connectivity index (χ2n) is 3.79. The Balaban J connectivity index is 2.49. The molecule has 0 heterocycles. The van der Waals surface area contributed by atoms with Crippen molar-refractivity contribution in [3.63, 3.8) is 0 Å². The topological polar surface area (TPSA) is 38.0 Å². The van der Waals surface area contributed by atoms with Crippen LogP contribution < -0.4 is 11.3 Å². The molecular formula is C13H11F3N2. The number of hydrogen-bond acceptors (Lipinski definition) is 2. The average Bonchev–Trinajstić information content (AvgIpc) is 2.34. The molecule has 0 amide bonds. The highest BCUT2D eigenvalue weighted by molar-refractivity contribution is 5.33. The highest BCUT2D eigenvalue weighted by Crippen LogP contribution is 2.26. The number of hydrogen-bond donors (Lipinski definition) is 2. The second kappa shape index (κ2) is 5.20. The molecule has 0 saturated carbocycles. The van der Waals surface area contributed by atoms with E-state index < -0.39 is 23.5 Å². The van der Waals surface area contributed by atoms with E-state index in [1.165, 1.54) is 24.3 Å². The maximum absolute atomic E-state index is 13.6. The van der Waals surface area contributed by atoms with Crippen LogP contribution in [0.2, 0.25) is 0 Å². The molecule has 0 fully saturated rings. The van der Waals surface area contributed by atoms with Crippen LogP contribution in [0, 0.1) is 17.5 Å². The quantitative estimate of drug-likeness (QED) is 0.651. The van der Waals surface area contributed by atoms with Gasteiger partial charge < -0.3 is 0 Å². The van der Waals surface area contributed by atoms with Crippen LogP contribution in [0.1, 0.15) is 17.2 Å². The first-order valence-corrected chi connectivity index (χ1v) is 5.29. The Morgan fingerprint density at radius 3 is 2.17 bits per heavy atom. The Labute approximate surface area is 102 Å². The fourth-order valence-corrected chi connectivity index (χ4v) is 1.79. The third-order valence-corrected chi connectivity index (χ3v) is 2.66. The van der Waals surface area contributed by atoms with Crippen molar-refractivity contribution < 1.29 is 13.2 Å². The van der Waals surface area contributed by atoms with Gasteiger partial charge >= 0.3 is 0 Å². The number of rotatable bonds is 3. The van der Waals surface area contributed by atoms with Gasteiger partial charge in [0.15, 0.2) is 0 Å². The lowest BCUT2D eigenvalue weighted by atomic mass is 9.98. The zero-order valence-corrected chi connectivity index (χ0v) is 9.33. The van der Waals surface area contributed by atoms with Crippen LogP contribution in [0.15, 0.2) is 42.5 Å². The van der Waals surface area contributed by atoms with E-state index in [0.29, 0.717) is 0 Å². The Morgan fingerprint density at radius 2 is 1.56 bits per heavy atom. The van der Waals surface area contributed by atoms with Crippen molar-refractivity contribution in [3.05, 3.63) is 71.0 Å². The van der Waals surface area contributed by atoms with Crippen LogP contribution in [-0.2, 0) is 0 Å². The van der Waals surface area contributed by atoms with Gasteiger partial charge in [0.2, 0.25) is 0 Å². The molecule has 3 N–H and O–H groups in total. The van der Waals surface area contributed by atoms with Crippen molar-refractivity contribution in [1.82, 2.24) is 5.43 Å². The zero-order chi connectivity index (χ0) is 13.1. The number of benzene rings is 2. The molecule has 2 aromatic carbocycles. The minimum Gasteiger partial charge on any atom is -0.271 e. The third-order valence-electron chi connectivity index (χ3n) is 2.66. The number of halogens is 3. The van der Waals surface area contributed by atoms with Gasteiger partial charge in [-0.3, -0.25) is 5.84 Å². The van der Waals surface area contributed by atoms with Crippen LogP contribution in [0.4, 0.5) is 13.2 Å². The van der Waals surface area contributed by atoms with Crippen LogP contribution in [0.25, 0.3) is 0 Å². The standard InChI is InChI=1S/C13H11F3N2/c14-8-5-6-10(12(16)7-8)13(18-17)9-3-1-2-4-11(9)15/h1-7,13,18H,17H2. The Hall–Kier alpha value is -1.85. The molecule has 0 aromatic heterocycles. The Bertz CT molecular complexity index is 558. The highest BCUT2D eigenvalue weighted by atomic mass is 19.1. The summed E-state index contributed by atoms with van der Waals surface area (Å²) in [5.41, 5.74) is 2.62. The van der Waals surface area contributed by atoms with Crippen molar-refractivity contribution in [2.45, 2.75) is 6.04 Å². The van der Waals surface area contributed by atoms with E-state index in [1.807, 2.05) is 0 Å². The molecule has 0 bridgehead atoms. The normalized spacial score (nSPS) is 12.4. The summed E-state index contributed by atoms with van der Waals surface area (Å²) in [7, 11) is 0. The molecule has 18 heavy (non-hydrogen) atoms. The molecule has 2 nitrogen and oxygen atoms in total. The minimum atomic E-state index is -0.869. The van der Waals surface area contributed by atoms with Gasteiger partial charge in [-0.1, -0.05) is 24.3 Å². The molecule has 0 saturated heterocycles. The molecule has 0 radical (unpaired) electrons. The lowest BCUT2D eigenvalue weighted by molar-refractivity contribution is 0.522. The van der Waals surface area contributed by atoms with Crippen molar-refractivity contribution >= 4 is 0 Å². The molecule has 0 aliphatic rings. The summed E-state index contributed by atoms with van der Waals surface area (Å²) in [5.74, 6) is 3.35. The Morgan fingerprint density at radius 1 is 0.889 bits per heavy atom. The summed E-state index contributed by atoms with van der Waals surface area (Å²) in [6.07, 6.45) is 0. The van der Waals surface area contributed by atoms with Crippen molar-refractivity contribution in [2.75, 3.05) is 0 Å². The molecule has 2 aromatic rings. The molecular weight excluding hydrogens is 241 g/mol. The predicted octanol–water partition coefficient (Wildman–Crippen LogP) is 2.66. The number of nitrogens with two attached hydrogens (primary N) is 1. The van der Waals surface area contributed by atoms with Crippen LogP contribution in [0.3, 0.4) is 0 Å². The molecule has 94 valence electrons. The first-order valence-electron chi connectivity index (χ1n) is 5.29. The monoisotopic (exact) mass is 252 g/mol. The smallest absolute Gasteiger partial charge is 0.131 e. The summed E-state index contributed by atoms with van der Waals surface area (Å²) < 4.78 is 40.1. The number of hydrazine groups is 1. The second-order valence-corrected chi connectivity index (χ2v) is 3.79. The molecule has 0 aliphatic carbocycles. The molecule has 1 atom stereocenters. The average molecular weight is 252 g/mol. The van der Waals surface area contributed by atoms with Crippen LogP contribution >= 0.6 is 0 Å². The van der Waals surface area contributed by atoms with E-state index in [9.17, 15) is 13.2 Å². The SMILES string of the molecule is NNC(c1ccccc1F)c1ccc(F)cc1F. The molecule has 2 rings (SSSR count). The van der Waals surface area contributed by atoms with Gasteiger partial charge in [-0.25, -0.2) is 18.6 Å². The first-order chi connectivity index (χ1) is 8.63. The van der Waals surface area contributed by atoms with Gasteiger partial charge in [0.05, 0.1) is 6.04 Å². The summed E-state index contributed by atoms with van der Waals surface area (Å²) in [6, 6.07) is 8.08. The van der Waals surface area contributed by atoms with E-state index >= 15 is 0 Å². The van der Waals surface area contributed by atoms with E-state index in [1.54, 1.807) is 6.07 Å². The van der Waals surface area contributed by atoms with Crippen molar-refractivity contribution in [1.29, 1.82) is 0 Å². The van der Waals surface area contributed by atoms with Gasteiger partial charge in [-0.2, -0.15) is 0 Å². The molecule has 0 aliphatic heterocycles. The fourth-order valence-electron chi connectivity index (χ4n) is 1.79. The third kappa shape index (κ3) is 2.37. The van der Waals surface area contributed by atoms with Gasteiger partial charge in [-0.05, 0) is 12.1 Å². The van der Waals surface area contributed by atoms with E-state index in [0.717, 1.165) is 12.1 Å². The van der Waals surface area contributed by atoms with Gasteiger partial charge in [0, 0.05) is 17.2 Å². The van der Waals surface area contributed by atoms with Crippen molar-refractivity contribution in [2.24, 2.45) is 5.84 Å². The van der Waals surface area contributed by atoms with Crippen molar-refractivity contribution in [3.8, 4) is 0 Å². The van der Waals surface area contributed by atoms with E-state index in [2.05, 4.69) is 5.43 Å². The number of nitrogens with one attached hydrogen (secondary N) is 1. The summed E-state index contributed by atoms with van der Waals surface area (Å²) in [4.78, 5) is 0. The predicted molar refractivity (Wildman–Crippen MR) is 61.9 cm³/mol. The molecule has 1 unspecified atom stereocenters. The zero-order valence-electron chi connectivity index (χ0n) is 9.33. The first kappa shape index (κ1) is 12.6. The molecule has 0 spiro atoms. The van der Waals surface area contributed by atoms with E-state index in [4.69, 9.17) is 5.84 Å². The fraction of sp³-hybridized carbons (Fsp3) is 0.0769. The largest absolute Gasteiger partial charge is 0.271 e. The summed E-state index contributed by atoms with van der Waals surface area (Å²) in [5, 5.41) is 0. The van der Waals surface area contributed by atoms with Gasteiger partial charge in [0.25, 0.3) is 0 Å². The summed E-state index contributed by atoms with van der Waals surface area (Å²) >= 11 is 0. The lowest BCUT2D eigenvalue weighted by Crippen LogP contribution is -2.30. The lowest BCUT2D eigenvalue weighted by Gasteiger charge is -2.18. The van der Waals surface area contributed by atoms with Gasteiger partial charge in [-0.15, -0.1) is 0 Å². The van der Waals surface area contributed by atoms with Crippen LogP contribution in [0.5, 0.6) is 0 Å². The Kier molecular flexibility index (Phi) is 3.64. The van der Waals surface area contributed by atoms with Crippen LogP contribution in [-0.4, -0.2) is 0 Å². The molecule has 5 heteroatoms. The minimum absolute atomic E-state index is 0.0870. The summed E-state index contributed by atoms with van der Waals surface area (Å²) in [6.45, 7) is 0. The van der Waals surface area contributed by atoms with E-state index in [-0.39, 0.29) is 11.1 Å². The maximum atomic E-state index is 13.6. The highest BCUT2D eigenvalue weighted by Gasteiger charge is 2.19. The van der Waals surface area contributed by atoms with Gasteiger partial charge in [0.1, 0.15) is 17.5 Å². The maximum Gasteiger partial charge on any atom is 0.131 e.